The number of hydrogen-bond donors (Lipinski definition) is 6. The maximum Gasteiger partial charge on any atom is 0.306 e. The minimum atomic E-state index is -1.11. The molecule has 0 saturated carbocycles. The lowest BCUT2D eigenvalue weighted by Crippen LogP contribution is -2.54. The first-order chi connectivity index (χ1) is 51.2. The van der Waals surface area contributed by atoms with Gasteiger partial charge in [0.05, 0.1) is 57.9 Å². The average Bonchev–Trinajstić information content (AvgIpc) is 1.69. The number of nitrogens with zero attached hydrogens (tertiary/aromatic N) is 10. The summed E-state index contributed by atoms with van der Waals surface area (Å²) in [6.45, 7) is 14.4. The number of imide groups is 4. The fraction of sp³-hybridized carbons (Fsp3) is 0.351. The van der Waals surface area contributed by atoms with Crippen molar-refractivity contribution in [2.45, 2.75) is 171 Å². The Balaban J connectivity index is 0.000000190. The van der Waals surface area contributed by atoms with Crippen molar-refractivity contribution in [2.24, 2.45) is 9.98 Å². The lowest BCUT2D eigenvalue weighted by atomic mass is 9.99. The molecule has 0 radical (unpaired) electrons. The number of aromatic nitrogens is 6. The number of rotatable bonds is 19. The summed E-state index contributed by atoms with van der Waals surface area (Å²) in [5.74, 6) is -4.04. The van der Waals surface area contributed by atoms with E-state index in [0.29, 0.717) is 53.3 Å². The van der Waals surface area contributed by atoms with E-state index < -0.39 is 77.4 Å². The summed E-state index contributed by atoms with van der Waals surface area (Å²) in [5, 5.41) is 42.5. The first-order valence-corrected chi connectivity index (χ1v) is 37.1. The van der Waals surface area contributed by atoms with Gasteiger partial charge in [-0.1, -0.05) is 94.2 Å². The molecule has 2 fully saturated rings. The second-order valence-corrected chi connectivity index (χ2v) is 29.6. The molecule has 568 valence electrons. The molecular formula is C77H81Cl2N15O13S2. The number of unbranched alkanes of at least 4 members (excludes halogenated alkanes) is 3. The Morgan fingerprint density at radius 1 is 0.523 bits per heavy atom. The van der Waals surface area contributed by atoms with Crippen LogP contribution in [0.4, 0.5) is 11.4 Å². The van der Waals surface area contributed by atoms with Crippen LogP contribution in [0.3, 0.4) is 0 Å². The number of amides is 11. The molecule has 4 atom stereocenters. The third kappa shape index (κ3) is 16.5. The standard InChI is InChI=1S/C37H35ClN8O6S.C19H17ClN4O2S.C19H21N3O5.2CH4/c1-18-19(2)53-37-30(18)32(21-10-12-22(38)13-11-21)41-25(33-44-43-20(3)45(33)37)17-29(49)39-16-5-4-9-27(47)40-24-8-6-7-23-31(24)36(52)46(35(23)51)26-14-15-28(48)42-34(26)50;1-9-10(2)27-19-16(9)17(12-4-6-13(20)7-5-12)21-14(8-15(25)26)18-23-22-11(3)24(18)19;1-2-3-4-8-14(23)20-12-7-5-6-11-16(12)19(27)22(18(11)26)13-9-10-15(24)21-17(13)25;;/h6-8,10-13,25-26H,4-5,9,14-17H2,1-3H3,(H,39,49)(H,40,47)(H,42,48,50);4-7,14H,8H2,1-3H3,(H,25,26);5-7,13H,2-4,8-10H2,1H3,(H,20,23)(H,21,24,25);2*1H4/t25-,26?;14-;;;/m00.../s1. The molecule has 0 aliphatic carbocycles. The highest BCUT2D eigenvalue weighted by atomic mass is 35.5. The maximum atomic E-state index is 13.3. The number of carbonyl (C=O) groups is 12. The van der Waals surface area contributed by atoms with Crippen molar-refractivity contribution in [3.63, 3.8) is 0 Å². The minimum absolute atomic E-state index is 0. The number of carbonyl (C=O) groups excluding carboxylic acids is 11. The van der Waals surface area contributed by atoms with Crippen LogP contribution in [0.1, 0.15) is 225 Å². The van der Waals surface area contributed by atoms with E-state index in [1.807, 2.05) is 78.4 Å². The molecule has 4 aromatic heterocycles. The van der Waals surface area contributed by atoms with Gasteiger partial charge in [0, 0.05) is 74.3 Å². The molecule has 14 rings (SSSR count). The molecular weight excluding hydrogens is 1480 g/mol. The molecule has 2 unspecified atom stereocenters. The average molecular weight is 1560 g/mol. The summed E-state index contributed by atoms with van der Waals surface area (Å²) in [6, 6.07) is 20.7. The first-order valence-electron chi connectivity index (χ1n) is 34.7. The van der Waals surface area contributed by atoms with E-state index in [-0.39, 0.29) is 111 Å². The Kier molecular flexibility index (Phi) is 25.1. The van der Waals surface area contributed by atoms with Crippen LogP contribution in [0, 0.1) is 41.5 Å². The highest BCUT2D eigenvalue weighted by Gasteiger charge is 2.48. The Labute approximate surface area is 645 Å². The zero-order valence-electron chi connectivity index (χ0n) is 59.2. The fourth-order valence-corrected chi connectivity index (χ4v) is 16.2. The van der Waals surface area contributed by atoms with Gasteiger partial charge in [0.1, 0.15) is 45.8 Å². The van der Waals surface area contributed by atoms with Crippen LogP contribution in [0.2, 0.25) is 10.0 Å². The van der Waals surface area contributed by atoms with E-state index in [1.54, 1.807) is 40.9 Å². The summed E-state index contributed by atoms with van der Waals surface area (Å²) in [5.41, 5.74) is 8.24. The van der Waals surface area contributed by atoms with Gasteiger partial charge >= 0.3 is 5.97 Å². The number of benzene rings is 4. The van der Waals surface area contributed by atoms with Crippen LogP contribution >= 0.6 is 45.9 Å². The van der Waals surface area contributed by atoms with E-state index in [1.165, 1.54) is 23.1 Å². The number of carboxylic acids is 1. The number of fused-ring (bicyclic) bond motifs is 8. The smallest absolute Gasteiger partial charge is 0.306 e. The van der Waals surface area contributed by atoms with Gasteiger partial charge in [-0.15, -0.1) is 43.1 Å². The van der Waals surface area contributed by atoms with Gasteiger partial charge in [-0.3, -0.25) is 97.1 Å². The molecule has 2 saturated heterocycles. The van der Waals surface area contributed by atoms with Gasteiger partial charge in [0.15, 0.2) is 11.6 Å². The molecule has 6 aliphatic heterocycles. The van der Waals surface area contributed by atoms with E-state index in [2.05, 4.69) is 74.7 Å². The third-order valence-corrected chi connectivity index (χ3v) is 22.0. The minimum Gasteiger partial charge on any atom is -0.481 e. The predicted molar refractivity (Wildman–Crippen MR) is 411 cm³/mol. The van der Waals surface area contributed by atoms with E-state index in [9.17, 15) is 62.6 Å². The Morgan fingerprint density at radius 3 is 1.34 bits per heavy atom. The third-order valence-electron chi connectivity index (χ3n) is 19.1. The van der Waals surface area contributed by atoms with Gasteiger partial charge < -0.3 is 21.1 Å². The molecule has 28 nitrogen and oxygen atoms in total. The lowest BCUT2D eigenvalue weighted by molar-refractivity contribution is -0.138. The van der Waals surface area contributed by atoms with Crippen molar-refractivity contribution in [1.82, 2.24) is 55.3 Å². The number of piperidine rings is 2. The van der Waals surface area contributed by atoms with Crippen molar-refractivity contribution in [1.29, 1.82) is 0 Å². The monoisotopic (exact) mass is 1560 g/mol. The normalized spacial score (nSPS) is 17.3. The van der Waals surface area contributed by atoms with Crippen LogP contribution in [-0.4, -0.2) is 145 Å². The summed E-state index contributed by atoms with van der Waals surface area (Å²) in [4.78, 5) is 163. The highest BCUT2D eigenvalue weighted by Crippen LogP contribution is 2.43. The number of aliphatic imine (C=N–C) groups is 2. The molecule has 11 amide bonds. The van der Waals surface area contributed by atoms with Crippen LogP contribution in [0.15, 0.2) is 94.9 Å². The topological polar surface area (TPSA) is 378 Å². The van der Waals surface area contributed by atoms with E-state index in [4.69, 9.17) is 33.2 Å². The quantitative estimate of drug-likeness (QED) is 0.0323. The number of thiophene rings is 2. The van der Waals surface area contributed by atoms with Gasteiger partial charge in [-0.05, 0) is 133 Å². The van der Waals surface area contributed by atoms with Crippen LogP contribution in [-0.2, 0) is 38.4 Å². The SMILES string of the molecule is C.C.CCCCCC(=O)Nc1cccc2c1C(=O)N(C1CCC(=O)NC1=O)C2=O.Cc1sc2c(c1C)C(c1ccc(Cl)cc1)=N[C@@H](CC(=O)NCCCCC(=O)Nc1cccc3c1C(=O)N(C1CCC(=O)NC1=O)C3=O)c1nnc(C)n1-2.Cc1sc2c(c1C)C(c1ccc(Cl)cc1)=N[C@@H](CC(=O)O)c1nnc(C)n1-2. The lowest BCUT2D eigenvalue weighted by Gasteiger charge is -2.27. The second-order valence-electron chi connectivity index (χ2n) is 26.3. The van der Waals surface area contributed by atoms with Crippen molar-refractivity contribution < 1.29 is 62.6 Å². The Morgan fingerprint density at radius 2 is 0.936 bits per heavy atom. The molecule has 4 aromatic carbocycles. The molecule has 32 heteroatoms. The van der Waals surface area contributed by atoms with Crippen molar-refractivity contribution in [2.75, 3.05) is 17.2 Å². The van der Waals surface area contributed by atoms with Crippen molar-refractivity contribution in [3.05, 3.63) is 184 Å². The number of hydrogen-bond acceptors (Lipinski definition) is 20. The number of nitrogens with one attached hydrogen (secondary N) is 5. The number of aryl methyl sites for hydroxylation is 4. The second kappa shape index (κ2) is 34.0. The maximum absolute atomic E-state index is 13.3. The molecule has 6 aliphatic rings. The van der Waals surface area contributed by atoms with E-state index in [0.717, 1.165) is 94.6 Å². The molecule has 8 aromatic rings. The zero-order chi connectivity index (χ0) is 76.4. The Bertz CT molecular complexity index is 5100. The summed E-state index contributed by atoms with van der Waals surface area (Å²) >= 11 is 15.5. The van der Waals surface area contributed by atoms with Crippen molar-refractivity contribution >= 4 is 140 Å². The van der Waals surface area contributed by atoms with Crippen molar-refractivity contribution in [3.8, 4) is 10.0 Å². The Hall–Kier alpha value is -11.1. The highest BCUT2D eigenvalue weighted by molar-refractivity contribution is 7.15. The molecule has 6 N–H and O–H groups in total. The van der Waals surface area contributed by atoms with Gasteiger partial charge in [0.2, 0.25) is 41.4 Å². The predicted octanol–water partition coefficient (Wildman–Crippen LogP) is 11.7. The number of halogens is 2. The van der Waals surface area contributed by atoms with Gasteiger partial charge in [0.25, 0.3) is 23.6 Å². The van der Waals surface area contributed by atoms with Crippen LogP contribution < -0.4 is 26.6 Å². The first kappa shape index (κ1) is 80.5. The van der Waals surface area contributed by atoms with Gasteiger partial charge in [-0.2, -0.15) is 0 Å². The zero-order valence-corrected chi connectivity index (χ0v) is 62.3. The molecule has 10 heterocycles. The van der Waals surface area contributed by atoms with Crippen LogP contribution in [0.5, 0.6) is 0 Å². The summed E-state index contributed by atoms with van der Waals surface area (Å²) in [6.07, 6.45) is 4.10. The molecule has 109 heavy (non-hydrogen) atoms. The van der Waals surface area contributed by atoms with Gasteiger partial charge in [-0.25, -0.2) is 0 Å². The largest absolute Gasteiger partial charge is 0.481 e. The van der Waals surface area contributed by atoms with Crippen LogP contribution in [0.25, 0.3) is 10.0 Å². The fourth-order valence-electron chi connectivity index (χ4n) is 13.5. The number of anilines is 2. The molecule has 0 bridgehead atoms. The molecule has 0 spiro atoms. The number of aliphatic carboxylic acids is 1. The van der Waals surface area contributed by atoms with E-state index >= 15 is 0 Å². The summed E-state index contributed by atoms with van der Waals surface area (Å²) < 4.78 is 3.93. The number of carboxylic acid groups (broad SMARTS) is 1. The summed E-state index contributed by atoms with van der Waals surface area (Å²) in [7, 11) is 0.